The first kappa shape index (κ1) is 24.4. The lowest BCUT2D eigenvalue weighted by Gasteiger charge is -2.29. The van der Waals surface area contributed by atoms with Crippen molar-refractivity contribution in [3.05, 3.63) is 63.7 Å². The molecule has 0 saturated heterocycles. The maximum atomic E-state index is 12.7. The highest BCUT2D eigenvalue weighted by Gasteiger charge is 2.24. The van der Waals surface area contributed by atoms with Crippen LogP contribution in [0.2, 0.25) is 0 Å². The summed E-state index contributed by atoms with van der Waals surface area (Å²) in [7, 11) is 1.58. The molecule has 1 aliphatic rings. The lowest BCUT2D eigenvalue weighted by Crippen LogP contribution is -2.41. The van der Waals surface area contributed by atoms with Gasteiger partial charge >= 0.3 is 0 Å². The van der Waals surface area contributed by atoms with Crippen LogP contribution in [0.3, 0.4) is 0 Å². The van der Waals surface area contributed by atoms with Gasteiger partial charge in [0.15, 0.2) is 11.5 Å². The van der Waals surface area contributed by atoms with Crippen molar-refractivity contribution in [1.82, 2.24) is 5.32 Å². The van der Waals surface area contributed by atoms with E-state index in [2.05, 4.69) is 45.1 Å². The summed E-state index contributed by atoms with van der Waals surface area (Å²) >= 11 is 0. The Labute approximate surface area is 197 Å². The molecule has 5 heteroatoms. The summed E-state index contributed by atoms with van der Waals surface area (Å²) in [5.41, 5.74) is 5.59. The fourth-order valence-corrected chi connectivity index (χ4v) is 4.57. The molecule has 3 rings (SSSR count). The minimum absolute atomic E-state index is 0.0920. The van der Waals surface area contributed by atoms with Gasteiger partial charge in [-0.15, -0.1) is 0 Å². The van der Waals surface area contributed by atoms with Crippen LogP contribution in [0.4, 0.5) is 0 Å². The summed E-state index contributed by atoms with van der Waals surface area (Å²) in [4.78, 5) is 12.7. The van der Waals surface area contributed by atoms with Gasteiger partial charge < -0.3 is 14.8 Å². The Hall–Kier alpha value is -3.26. The van der Waals surface area contributed by atoms with Crippen molar-refractivity contribution >= 4 is 12.0 Å². The van der Waals surface area contributed by atoms with Gasteiger partial charge in [-0.3, -0.25) is 4.79 Å². The zero-order valence-electron chi connectivity index (χ0n) is 20.3. The van der Waals surface area contributed by atoms with Gasteiger partial charge in [0.1, 0.15) is 18.2 Å². The number of methoxy groups -OCH3 is 1. The Kier molecular flexibility index (Phi) is 8.16. The third-order valence-corrected chi connectivity index (χ3v) is 6.50. The van der Waals surface area contributed by atoms with E-state index in [1.807, 2.05) is 18.2 Å². The number of amides is 1. The second-order valence-corrected chi connectivity index (χ2v) is 9.09. The van der Waals surface area contributed by atoms with Gasteiger partial charge in [-0.1, -0.05) is 43.5 Å². The van der Waals surface area contributed by atoms with Gasteiger partial charge in [-0.25, -0.2) is 0 Å². The first-order valence-corrected chi connectivity index (χ1v) is 11.6. The molecule has 0 unspecified atom stereocenters. The number of nitriles is 1. The minimum atomic E-state index is -0.319. The molecule has 0 aliphatic heterocycles. The summed E-state index contributed by atoms with van der Waals surface area (Å²) in [6.45, 7) is 8.86. The lowest BCUT2D eigenvalue weighted by molar-refractivity contribution is -0.118. The zero-order chi connectivity index (χ0) is 24.0. The zero-order valence-corrected chi connectivity index (χ0v) is 20.3. The van der Waals surface area contributed by atoms with Crippen molar-refractivity contribution < 1.29 is 14.3 Å². The van der Waals surface area contributed by atoms with E-state index in [0.29, 0.717) is 29.6 Å². The minimum Gasteiger partial charge on any atom is -0.493 e. The molecule has 0 bridgehead atoms. The van der Waals surface area contributed by atoms with Crippen molar-refractivity contribution in [3.8, 4) is 17.6 Å². The second kappa shape index (κ2) is 11.0. The van der Waals surface area contributed by atoms with Gasteiger partial charge in [0, 0.05) is 6.04 Å². The van der Waals surface area contributed by atoms with Crippen LogP contribution in [0.25, 0.3) is 6.08 Å². The van der Waals surface area contributed by atoms with Crippen LogP contribution in [0.5, 0.6) is 11.5 Å². The molecule has 33 heavy (non-hydrogen) atoms. The Balaban J connectivity index is 1.74. The molecule has 0 heterocycles. The van der Waals surface area contributed by atoms with Gasteiger partial charge in [-0.05, 0) is 80.0 Å². The molecule has 2 atom stereocenters. The quantitative estimate of drug-likeness (QED) is 0.431. The highest BCUT2D eigenvalue weighted by atomic mass is 16.5. The average molecular weight is 447 g/mol. The molecular weight excluding hydrogens is 412 g/mol. The Morgan fingerprint density at radius 3 is 2.45 bits per heavy atom. The summed E-state index contributed by atoms with van der Waals surface area (Å²) < 4.78 is 11.6. The smallest absolute Gasteiger partial charge is 0.262 e. The van der Waals surface area contributed by atoms with E-state index < -0.39 is 0 Å². The van der Waals surface area contributed by atoms with Crippen LogP contribution >= 0.6 is 0 Å². The van der Waals surface area contributed by atoms with Crippen LogP contribution in [-0.4, -0.2) is 19.1 Å². The van der Waals surface area contributed by atoms with Crippen LogP contribution in [0, 0.1) is 38.0 Å². The van der Waals surface area contributed by atoms with Gasteiger partial charge in [0.2, 0.25) is 0 Å². The van der Waals surface area contributed by atoms with E-state index in [-0.39, 0.29) is 17.5 Å². The molecule has 1 N–H and O–H groups in total. The molecule has 1 fully saturated rings. The lowest BCUT2D eigenvalue weighted by atomic mass is 9.86. The van der Waals surface area contributed by atoms with Crippen molar-refractivity contribution in [3.63, 3.8) is 0 Å². The van der Waals surface area contributed by atoms with E-state index in [1.54, 1.807) is 19.3 Å². The van der Waals surface area contributed by atoms with E-state index >= 15 is 0 Å². The number of nitrogens with zero attached hydrogens (tertiary/aromatic N) is 1. The molecule has 2 aromatic rings. The number of nitrogens with one attached hydrogen (secondary N) is 1. The number of carbonyl (C=O) groups excluding carboxylic acids is 1. The normalized spacial score (nSPS) is 18.4. The SMILES string of the molecule is COc1cc(/C=C(\C#N)C(=O)N[C@@H]2CCCC[C@@H]2C)ccc1OCc1c(C)cc(C)cc1C. The topological polar surface area (TPSA) is 71.3 Å². The highest BCUT2D eigenvalue weighted by Crippen LogP contribution is 2.31. The fraction of sp³-hybridized carbons (Fsp3) is 0.429. The number of carbonyl (C=O) groups is 1. The van der Waals surface area contributed by atoms with Gasteiger partial charge in [0.05, 0.1) is 7.11 Å². The Morgan fingerprint density at radius 1 is 1.12 bits per heavy atom. The molecule has 1 amide bonds. The van der Waals surface area contributed by atoms with Crippen molar-refractivity contribution in [1.29, 1.82) is 5.26 Å². The third-order valence-electron chi connectivity index (χ3n) is 6.50. The number of benzene rings is 2. The summed E-state index contributed by atoms with van der Waals surface area (Å²) in [5, 5.41) is 12.6. The maximum Gasteiger partial charge on any atom is 0.262 e. The number of ether oxygens (including phenoxy) is 2. The highest BCUT2D eigenvalue weighted by molar-refractivity contribution is 6.01. The Morgan fingerprint density at radius 2 is 1.82 bits per heavy atom. The van der Waals surface area contributed by atoms with Crippen molar-refractivity contribution in [2.45, 2.75) is 66.0 Å². The molecule has 0 radical (unpaired) electrons. The van der Waals surface area contributed by atoms with Crippen LogP contribution in [-0.2, 0) is 11.4 Å². The van der Waals surface area contributed by atoms with Crippen molar-refractivity contribution in [2.24, 2.45) is 5.92 Å². The van der Waals surface area contributed by atoms with Crippen LogP contribution in [0.15, 0.2) is 35.9 Å². The molecular formula is C28H34N2O3. The van der Waals surface area contributed by atoms with Crippen LogP contribution in [0.1, 0.15) is 60.4 Å². The predicted molar refractivity (Wildman–Crippen MR) is 131 cm³/mol. The molecule has 0 spiro atoms. The number of rotatable bonds is 7. The van der Waals surface area contributed by atoms with Gasteiger partial charge in [-0.2, -0.15) is 5.26 Å². The molecule has 5 nitrogen and oxygen atoms in total. The van der Waals surface area contributed by atoms with E-state index in [1.165, 1.54) is 23.1 Å². The fourth-order valence-electron chi connectivity index (χ4n) is 4.57. The van der Waals surface area contributed by atoms with E-state index in [9.17, 15) is 10.1 Å². The maximum absolute atomic E-state index is 12.7. The van der Waals surface area contributed by atoms with E-state index in [0.717, 1.165) is 24.8 Å². The van der Waals surface area contributed by atoms with E-state index in [4.69, 9.17) is 9.47 Å². The molecule has 2 aromatic carbocycles. The molecule has 1 saturated carbocycles. The number of hydrogen-bond acceptors (Lipinski definition) is 4. The summed E-state index contributed by atoms with van der Waals surface area (Å²) in [6.07, 6.45) is 5.98. The first-order chi connectivity index (χ1) is 15.8. The van der Waals surface area contributed by atoms with Crippen molar-refractivity contribution in [2.75, 3.05) is 7.11 Å². The van der Waals surface area contributed by atoms with Crippen LogP contribution < -0.4 is 14.8 Å². The Bertz CT molecular complexity index is 1060. The summed E-state index contributed by atoms with van der Waals surface area (Å²) in [5.74, 6) is 1.29. The monoisotopic (exact) mass is 446 g/mol. The first-order valence-electron chi connectivity index (χ1n) is 11.6. The van der Waals surface area contributed by atoms with Gasteiger partial charge in [0.25, 0.3) is 5.91 Å². The second-order valence-electron chi connectivity index (χ2n) is 9.09. The average Bonchev–Trinajstić information content (AvgIpc) is 2.78. The summed E-state index contributed by atoms with van der Waals surface area (Å²) in [6, 6.07) is 11.9. The standard InChI is InChI=1S/C28H34N2O3/c1-18-12-20(3)24(21(4)13-18)17-33-26-11-10-22(15-27(26)32-5)14-23(16-29)28(31)30-25-9-7-6-8-19(25)2/h10-15,19,25H,6-9,17H2,1-5H3,(H,30,31)/b23-14+/t19-,25+/m0/s1. The third kappa shape index (κ3) is 6.16. The molecule has 0 aromatic heterocycles. The number of hydrogen-bond donors (Lipinski definition) is 1. The largest absolute Gasteiger partial charge is 0.493 e. The molecule has 174 valence electrons. The number of aryl methyl sites for hydroxylation is 3. The predicted octanol–water partition coefficient (Wildman–Crippen LogP) is 5.80. The molecule has 1 aliphatic carbocycles.